The number of rotatable bonds is 7. The molecule has 1 N–H and O–H groups in total. The minimum absolute atomic E-state index is 0.280. The van der Waals surface area contributed by atoms with Crippen molar-refractivity contribution in [2.75, 3.05) is 59.6 Å². The highest BCUT2D eigenvalue weighted by Crippen LogP contribution is 1.98. The lowest BCUT2D eigenvalue weighted by Gasteiger charge is -2.32. The molecule has 1 aliphatic heterocycles. The maximum absolute atomic E-state index is 8.58. The van der Waals surface area contributed by atoms with E-state index in [2.05, 4.69) is 16.8 Å². The normalized spacial score (nSPS) is 19.6. The zero-order valence-electron chi connectivity index (χ0n) is 9.82. The van der Waals surface area contributed by atoms with Crippen LogP contribution in [0.15, 0.2) is 0 Å². The third-order valence-corrected chi connectivity index (χ3v) is 2.84. The summed E-state index contributed by atoms with van der Waals surface area (Å²) in [6.07, 6.45) is 1.83. The summed E-state index contributed by atoms with van der Waals surface area (Å²) in [5.41, 5.74) is 0. The molecule has 0 amide bonds. The van der Waals surface area contributed by atoms with E-state index in [-0.39, 0.29) is 6.61 Å². The average Bonchev–Trinajstić information content (AvgIpc) is 2.26. The van der Waals surface area contributed by atoms with Crippen molar-refractivity contribution in [1.82, 2.24) is 9.80 Å². The van der Waals surface area contributed by atoms with Gasteiger partial charge in [-0.1, -0.05) is 0 Å². The Hall–Kier alpha value is -0.160. The topological polar surface area (TPSA) is 35.9 Å². The number of aliphatic hydroxyl groups excluding tert-OH is 1. The highest BCUT2D eigenvalue weighted by Gasteiger charge is 2.12. The van der Waals surface area contributed by atoms with E-state index in [0.717, 1.165) is 45.7 Å². The Morgan fingerprint density at radius 3 is 2.47 bits per heavy atom. The van der Waals surface area contributed by atoms with Crippen molar-refractivity contribution in [3.63, 3.8) is 0 Å². The molecular weight excluding hydrogens is 192 g/mol. The predicted molar refractivity (Wildman–Crippen MR) is 61.1 cm³/mol. The summed E-state index contributed by atoms with van der Waals surface area (Å²) < 4.78 is 5.50. The van der Waals surface area contributed by atoms with Crippen LogP contribution in [-0.4, -0.2) is 74.5 Å². The Bertz CT molecular complexity index is 148. The second-order valence-electron chi connectivity index (χ2n) is 4.19. The van der Waals surface area contributed by atoms with Gasteiger partial charge in [-0.3, -0.25) is 4.90 Å². The van der Waals surface area contributed by atoms with Crippen LogP contribution in [0.4, 0.5) is 0 Å². The van der Waals surface area contributed by atoms with Crippen LogP contribution < -0.4 is 0 Å². The minimum Gasteiger partial charge on any atom is -0.396 e. The summed E-state index contributed by atoms with van der Waals surface area (Å²) in [6.45, 7) is 7.61. The fraction of sp³-hybridized carbons (Fsp3) is 1.00. The fourth-order valence-corrected chi connectivity index (χ4v) is 1.68. The first kappa shape index (κ1) is 12.9. The van der Waals surface area contributed by atoms with Crippen molar-refractivity contribution in [3.05, 3.63) is 0 Å². The van der Waals surface area contributed by atoms with Crippen molar-refractivity contribution in [1.29, 1.82) is 0 Å². The van der Waals surface area contributed by atoms with Crippen molar-refractivity contribution < 1.29 is 9.84 Å². The molecule has 0 spiro atoms. The number of hydrogen-bond donors (Lipinski definition) is 1. The van der Waals surface area contributed by atoms with Gasteiger partial charge in [-0.15, -0.1) is 0 Å². The van der Waals surface area contributed by atoms with Gasteiger partial charge in [0.1, 0.15) is 0 Å². The second kappa shape index (κ2) is 8.05. The van der Waals surface area contributed by atoms with E-state index in [1.165, 1.54) is 13.1 Å². The number of unbranched alkanes of at least 4 members (excludes halogenated alkanes) is 1. The molecule has 4 heteroatoms. The fourth-order valence-electron chi connectivity index (χ4n) is 1.68. The molecule has 0 aromatic carbocycles. The van der Waals surface area contributed by atoms with Gasteiger partial charge in [0.25, 0.3) is 0 Å². The molecule has 4 nitrogen and oxygen atoms in total. The molecule has 1 aliphatic rings. The summed E-state index contributed by atoms with van der Waals surface area (Å²) in [5.74, 6) is 0. The molecule has 1 rings (SSSR count). The van der Waals surface area contributed by atoms with E-state index >= 15 is 0 Å². The van der Waals surface area contributed by atoms with Crippen molar-refractivity contribution in [2.24, 2.45) is 0 Å². The van der Waals surface area contributed by atoms with Crippen LogP contribution in [-0.2, 0) is 4.74 Å². The third-order valence-electron chi connectivity index (χ3n) is 2.84. The maximum atomic E-state index is 8.58. The number of piperazine rings is 1. The van der Waals surface area contributed by atoms with Crippen LogP contribution in [0, 0.1) is 0 Å². The lowest BCUT2D eigenvalue weighted by Crippen LogP contribution is -2.45. The lowest BCUT2D eigenvalue weighted by atomic mass is 10.3. The van der Waals surface area contributed by atoms with Gasteiger partial charge in [0.2, 0.25) is 0 Å². The van der Waals surface area contributed by atoms with E-state index in [4.69, 9.17) is 9.84 Å². The average molecular weight is 216 g/mol. The first-order valence-electron chi connectivity index (χ1n) is 5.92. The second-order valence-corrected chi connectivity index (χ2v) is 4.19. The molecule has 0 aliphatic carbocycles. The Labute approximate surface area is 92.8 Å². The molecule has 15 heavy (non-hydrogen) atoms. The quantitative estimate of drug-likeness (QED) is 0.609. The molecule has 0 unspecified atom stereocenters. The van der Waals surface area contributed by atoms with Gasteiger partial charge in [0.05, 0.1) is 6.61 Å². The molecule has 0 bridgehead atoms. The van der Waals surface area contributed by atoms with Crippen LogP contribution in [0.5, 0.6) is 0 Å². The van der Waals surface area contributed by atoms with Gasteiger partial charge in [0, 0.05) is 45.9 Å². The molecule has 1 saturated heterocycles. The van der Waals surface area contributed by atoms with Gasteiger partial charge >= 0.3 is 0 Å². The highest BCUT2D eigenvalue weighted by molar-refractivity contribution is 4.68. The third kappa shape index (κ3) is 6.10. The lowest BCUT2D eigenvalue weighted by molar-refractivity contribution is 0.0783. The first-order chi connectivity index (χ1) is 7.33. The van der Waals surface area contributed by atoms with Gasteiger partial charge < -0.3 is 14.7 Å². The molecule has 0 aromatic heterocycles. The van der Waals surface area contributed by atoms with E-state index in [0.29, 0.717) is 0 Å². The summed E-state index contributed by atoms with van der Waals surface area (Å²) in [7, 11) is 2.17. The first-order valence-corrected chi connectivity index (χ1v) is 5.92. The SMILES string of the molecule is CN1CCN(CCOCCCCO)CC1. The Balaban J connectivity index is 1.87. The Kier molecular flexibility index (Phi) is 6.92. The highest BCUT2D eigenvalue weighted by atomic mass is 16.5. The van der Waals surface area contributed by atoms with Crippen molar-refractivity contribution in [2.45, 2.75) is 12.8 Å². The molecule has 0 saturated carbocycles. The Morgan fingerprint density at radius 1 is 1.07 bits per heavy atom. The van der Waals surface area contributed by atoms with E-state index in [1.54, 1.807) is 0 Å². The number of likely N-dealkylation sites (N-methyl/N-ethyl adjacent to an activating group) is 1. The van der Waals surface area contributed by atoms with Crippen molar-refractivity contribution in [3.8, 4) is 0 Å². The molecule has 0 radical (unpaired) electrons. The summed E-state index contributed by atoms with van der Waals surface area (Å²) in [4.78, 5) is 4.81. The van der Waals surface area contributed by atoms with Crippen LogP contribution in [0.3, 0.4) is 0 Å². The Morgan fingerprint density at radius 2 is 1.80 bits per heavy atom. The number of ether oxygens (including phenoxy) is 1. The summed E-state index contributed by atoms with van der Waals surface area (Å²) in [6, 6.07) is 0. The van der Waals surface area contributed by atoms with Gasteiger partial charge in [-0.2, -0.15) is 0 Å². The van der Waals surface area contributed by atoms with Gasteiger partial charge in [-0.05, 0) is 19.9 Å². The van der Waals surface area contributed by atoms with E-state index in [1.807, 2.05) is 0 Å². The minimum atomic E-state index is 0.280. The number of aliphatic hydroxyl groups is 1. The largest absolute Gasteiger partial charge is 0.396 e. The molecule has 90 valence electrons. The summed E-state index contributed by atoms with van der Waals surface area (Å²) >= 11 is 0. The smallest absolute Gasteiger partial charge is 0.0593 e. The zero-order chi connectivity index (χ0) is 10.9. The van der Waals surface area contributed by atoms with E-state index in [9.17, 15) is 0 Å². The number of hydrogen-bond acceptors (Lipinski definition) is 4. The number of nitrogens with zero attached hydrogens (tertiary/aromatic N) is 2. The van der Waals surface area contributed by atoms with Gasteiger partial charge in [0.15, 0.2) is 0 Å². The van der Waals surface area contributed by atoms with Crippen LogP contribution in [0.25, 0.3) is 0 Å². The monoisotopic (exact) mass is 216 g/mol. The zero-order valence-corrected chi connectivity index (χ0v) is 9.82. The van der Waals surface area contributed by atoms with Gasteiger partial charge in [-0.25, -0.2) is 0 Å². The molecule has 1 heterocycles. The van der Waals surface area contributed by atoms with Crippen LogP contribution in [0.2, 0.25) is 0 Å². The van der Waals surface area contributed by atoms with Crippen LogP contribution in [0.1, 0.15) is 12.8 Å². The predicted octanol–water partition coefficient (Wildman–Crippen LogP) is 0.0229. The molecule has 0 atom stereocenters. The summed E-state index contributed by atoms with van der Waals surface area (Å²) in [5, 5.41) is 8.58. The van der Waals surface area contributed by atoms with E-state index < -0.39 is 0 Å². The molecule has 0 aromatic rings. The molecular formula is C11H24N2O2. The standard InChI is InChI=1S/C11H24N2O2/c1-12-4-6-13(7-5-12)8-11-15-10-3-2-9-14/h14H,2-11H2,1H3. The van der Waals surface area contributed by atoms with Crippen molar-refractivity contribution >= 4 is 0 Å². The van der Waals surface area contributed by atoms with Crippen LogP contribution >= 0.6 is 0 Å². The maximum Gasteiger partial charge on any atom is 0.0593 e. The molecule has 1 fully saturated rings.